The lowest BCUT2D eigenvalue weighted by Gasteiger charge is -2.53. The van der Waals surface area contributed by atoms with Crippen molar-refractivity contribution in [2.45, 2.75) is 63.5 Å². The van der Waals surface area contributed by atoms with Gasteiger partial charge in [0.1, 0.15) is 0 Å². The fraction of sp³-hybridized carbons (Fsp3) is 0.696. The van der Waals surface area contributed by atoms with Crippen molar-refractivity contribution < 1.29 is 9.90 Å². The number of carbonyl (C=O) groups is 1. The Morgan fingerprint density at radius 3 is 2.67 bits per heavy atom. The molecule has 0 aromatic heterocycles. The van der Waals surface area contributed by atoms with E-state index in [1.54, 1.807) is 0 Å². The first kappa shape index (κ1) is 18.9. The summed E-state index contributed by atoms with van der Waals surface area (Å²) in [6.07, 6.45) is 7.19. The predicted molar refractivity (Wildman–Crippen MR) is 107 cm³/mol. The van der Waals surface area contributed by atoms with Crippen LogP contribution in [0.5, 0.6) is 0 Å². The summed E-state index contributed by atoms with van der Waals surface area (Å²) in [7, 11) is 0. The summed E-state index contributed by atoms with van der Waals surface area (Å²) in [4.78, 5) is 18.0. The minimum atomic E-state index is -0.787. The number of benzene rings is 1. The molecule has 4 heteroatoms. The Morgan fingerprint density at radius 2 is 1.89 bits per heavy atom. The fourth-order valence-corrected chi connectivity index (χ4v) is 5.82. The van der Waals surface area contributed by atoms with Gasteiger partial charge < -0.3 is 14.9 Å². The number of fused-ring (bicyclic) bond motifs is 1. The smallest absolute Gasteiger partial charge is 0.227 e. The number of likely N-dealkylation sites (tertiary alicyclic amines) is 2. The Kier molecular flexibility index (Phi) is 5.56. The summed E-state index contributed by atoms with van der Waals surface area (Å²) >= 11 is 0. The maximum atomic E-state index is 13.4. The lowest BCUT2D eigenvalue weighted by atomic mass is 9.66. The molecule has 0 radical (unpaired) electrons. The maximum Gasteiger partial charge on any atom is 0.227 e. The highest BCUT2D eigenvalue weighted by Crippen LogP contribution is 2.47. The molecular formula is C23H34N2O2. The van der Waals surface area contributed by atoms with E-state index in [-0.39, 0.29) is 17.9 Å². The molecule has 3 aliphatic rings. The normalized spacial score (nSPS) is 34.9. The molecule has 1 aliphatic carbocycles. The molecule has 4 rings (SSSR count). The van der Waals surface area contributed by atoms with E-state index < -0.39 is 5.60 Å². The zero-order chi connectivity index (χ0) is 18.9. The summed E-state index contributed by atoms with van der Waals surface area (Å²) in [6.45, 7) is 5.94. The molecule has 4 atom stereocenters. The first-order chi connectivity index (χ1) is 13.1. The van der Waals surface area contributed by atoms with Crippen molar-refractivity contribution in [1.82, 2.24) is 9.80 Å². The minimum absolute atomic E-state index is 0.143. The quantitative estimate of drug-likeness (QED) is 0.887. The second-order valence-electron chi connectivity index (χ2n) is 8.76. The van der Waals surface area contributed by atoms with Crippen molar-refractivity contribution in [1.29, 1.82) is 0 Å². The summed E-state index contributed by atoms with van der Waals surface area (Å²) in [5.41, 5.74) is 0.245. The lowest BCUT2D eigenvalue weighted by molar-refractivity contribution is -0.160. The summed E-state index contributed by atoms with van der Waals surface area (Å²) in [5, 5.41) is 11.7. The van der Waals surface area contributed by atoms with Crippen LogP contribution in [0.25, 0.3) is 0 Å². The third-order valence-electron chi connectivity index (χ3n) is 7.34. The Hall–Kier alpha value is -1.39. The van der Waals surface area contributed by atoms with E-state index in [1.165, 1.54) is 6.42 Å². The van der Waals surface area contributed by atoms with E-state index in [4.69, 9.17) is 0 Å². The van der Waals surface area contributed by atoms with Crippen molar-refractivity contribution in [2.24, 2.45) is 11.8 Å². The van der Waals surface area contributed by atoms with Crippen LogP contribution in [-0.4, -0.2) is 53.0 Å². The van der Waals surface area contributed by atoms with Gasteiger partial charge >= 0.3 is 0 Å². The molecule has 0 spiro atoms. The van der Waals surface area contributed by atoms with Crippen LogP contribution in [0.1, 0.15) is 57.4 Å². The Morgan fingerprint density at radius 1 is 1.11 bits per heavy atom. The van der Waals surface area contributed by atoms with Crippen LogP contribution < -0.4 is 0 Å². The molecule has 0 bridgehead atoms. The molecule has 1 unspecified atom stereocenters. The van der Waals surface area contributed by atoms with Crippen molar-refractivity contribution in [2.75, 3.05) is 26.2 Å². The number of amides is 1. The van der Waals surface area contributed by atoms with Gasteiger partial charge in [-0.3, -0.25) is 4.79 Å². The van der Waals surface area contributed by atoms with E-state index in [0.717, 1.165) is 57.3 Å². The van der Waals surface area contributed by atoms with Gasteiger partial charge in [0.25, 0.3) is 0 Å². The number of carbonyl (C=O) groups excluding carboxylic acids is 1. The topological polar surface area (TPSA) is 43.8 Å². The van der Waals surface area contributed by atoms with Gasteiger partial charge in [-0.05, 0) is 50.8 Å². The van der Waals surface area contributed by atoms with E-state index in [2.05, 4.69) is 28.9 Å². The molecule has 1 amide bonds. The molecule has 2 saturated heterocycles. The van der Waals surface area contributed by atoms with Crippen LogP contribution in [0.3, 0.4) is 0 Å². The van der Waals surface area contributed by atoms with E-state index >= 15 is 0 Å². The van der Waals surface area contributed by atoms with Crippen LogP contribution in [0.15, 0.2) is 30.3 Å². The number of hydrogen-bond acceptors (Lipinski definition) is 3. The molecule has 1 N–H and O–H groups in total. The van der Waals surface area contributed by atoms with Gasteiger partial charge in [-0.15, -0.1) is 0 Å². The molecule has 4 nitrogen and oxygen atoms in total. The predicted octanol–water partition coefficient (Wildman–Crippen LogP) is 3.40. The number of piperidine rings is 2. The third-order valence-corrected chi connectivity index (χ3v) is 7.34. The van der Waals surface area contributed by atoms with Gasteiger partial charge in [-0.1, -0.05) is 50.1 Å². The Bertz CT molecular complexity index is 649. The van der Waals surface area contributed by atoms with Gasteiger partial charge in [0.05, 0.1) is 11.5 Å². The van der Waals surface area contributed by atoms with Gasteiger partial charge in [0.15, 0.2) is 0 Å². The molecule has 1 aromatic rings. The van der Waals surface area contributed by atoms with E-state index in [0.29, 0.717) is 18.9 Å². The second kappa shape index (κ2) is 7.92. The molecular weight excluding hydrogens is 336 g/mol. The summed E-state index contributed by atoms with van der Waals surface area (Å²) in [6, 6.07) is 10.4. The number of hydrogen-bond donors (Lipinski definition) is 1. The largest absolute Gasteiger partial charge is 0.385 e. The second-order valence-corrected chi connectivity index (χ2v) is 8.76. The summed E-state index contributed by atoms with van der Waals surface area (Å²) < 4.78 is 0. The van der Waals surface area contributed by atoms with Crippen molar-refractivity contribution in [3.05, 3.63) is 35.9 Å². The molecule has 1 saturated carbocycles. The average Bonchev–Trinajstić information content (AvgIpc) is 2.74. The SMILES string of the molecule is CCN1CCCC(C(=O)N2CC[C@](O)(c3ccccc3)[C@H]3CCCC[C@H]32)C1. The monoisotopic (exact) mass is 370 g/mol. The highest BCUT2D eigenvalue weighted by Gasteiger charge is 2.50. The van der Waals surface area contributed by atoms with Crippen molar-refractivity contribution in [3.8, 4) is 0 Å². The highest BCUT2D eigenvalue weighted by atomic mass is 16.3. The molecule has 27 heavy (non-hydrogen) atoms. The van der Waals surface area contributed by atoms with Crippen molar-refractivity contribution in [3.63, 3.8) is 0 Å². The van der Waals surface area contributed by atoms with Gasteiger partial charge in [-0.25, -0.2) is 0 Å². The molecule has 2 heterocycles. The van der Waals surface area contributed by atoms with Crippen LogP contribution >= 0.6 is 0 Å². The van der Waals surface area contributed by atoms with Gasteiger partial charge in [0, 0.05) is 25.0 Å². The highest BCUT2D eigenvalue weighted by molar-refractivity contribution is 5.79. The number of nitrogens with zero attached hydrogens (tertiary/aromatic N) is 2. The fourth-order valence-electron chi connectivity index (χ4n) is 5.82. The van der Waals surface area contributed by atoms with E-state index in [9.17, 15) is 9.90 Å². The van der Waals surface area contributed by atoms with Gasteiger partial charge in [0.2, 0.25) is 5.91 Å². The minimum Gasteiger partial charge on any atom is -0.385 e. The zero-order valence-electron chi connectivity index (χ0n) is 16.6. The van der Waals surface area contributed by atoms with Gasteiger partial charge in [-0.2, -0.15) is 0 Å². The molecule has 3 fully saturated rings. The van der Waals surface area contributed by atoms with Crippen LogP contribution in [-0.2, 0) is 10.4 Å². The molecule has 148 valence electrons. The Labute approximate surface area is 163 Å². The third kappa shape index (κ3) is 3.54. The molecule has 1 aromatic carbocycles. The molecule has 2 aliphatic heterocycles. The van der Waals surface area contributed by atoms with Crippen molar-refractivity contribution >= 4 is 5.91 Å². The average molecular weight is 371 g/mol. The maximum absolute atomic E-state index is 13.4. The summed E-state index contributed by atoms with van der Waals surface area (Å²) in [5.74, 6) is 0.654. The van der Waals surface area contributed by atoms with Crippen LogP contribution in [0, 0.1) is 11.8 Å². The van der Waals surface area contributed by atoms with E-state index in [1.807, 2.05) is 18.2 Å². The number of aliphatic hydroxyl groups is 1. The first-order valence-electron chi connectivity index (χ1n) is 10.9. The number of rotatable bonds is 3. The first-order valence-corrected chi connectivity index (χ1v) is 10.9. The van der Waals surface area contributed by atoms with Crippen LogP contribution in [0.4, 0.5) is 0 Å². The zero-order valence-corrected chi connectivity index (χ0v) is 16.6. The standard InChI is InChI=1S/C23H34N2O2/c1-2-24-15-8-9-18(17-24)22(26)25-16-14-23(27,19-10-4-3-5-11-19)20-12-6-7-13-21(20)25/h3-5,10-11,18,20-21,27H,2,6-9,12-17H2,1H3/t18?,20-,21+,23-/m0/s1. The Balaban J connectivity index is 1.56. The van der Waals surface area contributed by atoms with Crippen LogP contribution in [0.2, 0.25) is 0 Å². The lowest BCUT2D eigenvalue weighted by Crippen LogP contribution is -2.60.